The van der Waals surface area contributed by atoms with Gasteiger partial charge in [-0.25, -0.2) is 0 Å². The first kappa shape index (κ1) is 12.9. The highest BCUT2D eigenvalue weighted by Gasteiger charge is 2.29. The Kier molecular flexibility index (Phi) is 3.87. The van der Waals surface area contributed by atoms with Gasteiger partial charge in [-0.1, -0.05) is 25.1 Å². The van der Waals surface area contributed by atoms with Crippen LogP contribution in [0.1, 0.15) is 31.9 Å². The van der Waals surface area contributed by atoms with E-state index < -0.39 is 0 Å². The molecule has 0 saturated carbocycles. The maximum atomic E-state index is 11.9. The van der Waals surface area contributed by atoms with Crippen molar-refractivity contribution >= 4 is 11.6 Å². The third-order valence-electron chi connectivity index (χ3n) is 3.45. The molecule has 0 spiro atoms. The first-order valence-electron chi connectivity index (χ1n) is 6.54. The van der Waals surface area contributed by atoms with E-state index in [1.165, 1.54) is 0 Å². The van der Waals surface area contributed by atoms with Gasteiger partial charge in [0.1, 0.15) is 6.04 Å². The molecule has 0 aromatic heterocycles. The molecule has 1 amide bonds. The molecule has 18 heavy (non-hydrogen) atoms. The van der Waals surface area contributed by atoms with Gasteiger partial charge in [-0.15, -0.1) is 0 Å². The van der Waals surface area contributed by atoms with E-state index in [9.17, 15) is 4.79 Å². The highest BCUT2D eigenvalue weighted by Crippen LogP contribution is 2.28. The van der Waals surface area contributed by atoms with Crippen molar-refractivity contribution in [3.63, 3.8) is 0 Å². The summed E-state index contributed by atoms with van der Waals surface area (Å²) in [5.41, 5.74) is 8.21. The SMILES string of the molecule is CCC1C(=O)NCCN1c1ccccc1[C@H](C)N. The molecule has 1 heterocycles. The van der Waals surface area contributed by atoms with Gasteiger partial charge >= 0.3 is 0 Å². The molecule has 4 heteroatoms. The first-order valence-corrected chi connectivity index (χ1v) is 6.54. The van der Waals surface area contributed by atoms with Gasteiger partial charge in [-0.05, 0) is 25.0 Å². The topological polar surface area (TPSA) is 58.4 Å². The van der Waals surface area contributed by atoms with Crippen LogP contribution in [0.15, 0.2) is 24.3 Å². The zero-order valence-electron chi connectivity index (χ0n) is 11.0. The lowest BCUT2D eigenvalue weighted by molar-refractivity contribution is -0.123. The number of para-hydroxylation sites is 1. The number of nitrogens with two attached hydrogens (primary N) is 1. The molecule has 0 radical (unpaired) electrons. The molecule has 3 N–H and O–H groups in total. The van der Waals surface area contributed by atoms with Crippen LogP contribution in [-0.2, 0) is 4.79 Å². The number of carbonyl (C=O) groups is 1. The molecule has 1 unspecified atom stereocenters. The van der Waals surface area contributed by atoms with Crippen molar-refractivity contribution in [2.45, 2.75) is 32.4 Å². The molecule has 1 aromatic rings. The van der Waals surface area contributed by atoms with Crippen molar-refractivity contribution in [2.24, 2.45) is 5.73 Å². The Bertz CT molecular complexity index is 431. The number of piperazine rings is 1. The highest BCUT2D eigenvalue weighted by molar-refractivity contribution is 5.86. The average molecular weight is 247 g/mol. The maximum absolute atomic E-state index is 11.9. The zero-order valence-corrected chi connectivity index (χ0v) is 11.0. The Morgan fingerprint density at radius 1 is 1.50 bits per heavy atom. The summed E-state index contributed by atoms with van der Waals surface area (Å²) >= 11 is 0. The van der Waals surface area contributed by atoms with Gasteiger partial charge in [0.15, 0.2) is 0 Å². The van der Waals surface area contributed by atoms with Crippen molar-refractivity contribution < 1.29 is 4.79 Å². The molecule has 1 aromatic carbocycles. The van der Waals surface area contributed by atoms with E-state index in [-0.39, 0.29) is 18.0 Å². The molecule has 2 atom stereocenters. The Morgan fingerprint density at radius 2 is 2.22 bits per heavy atom. The lowest BCUT2D eigenvalue weighted by atomic mass is 10.0. The van der Waals surface area contributed by atoms with Crippen LogP contribution in [0.3, 0.4) is 0 Å². The summed E-state index contributed by atoms with van der Waals surface area (Å²) in [5.74, 6) is 0.114. The molecule has 0 bridgehead atoms. The maximum Gasteiger partial charge on any atom is 0.242 e. The summed E-state index contributed by atoms with van der Waals surface area (Å²) < 4.78 is 0. The lowest BCUT2D eigenvalue weighted by Crippen LogP contribution is -2.55. The van der Waals surface area contributed by atoms with Crippen molar-refractivity contribution in [2.75, 3.05) is 18.0 Å². The van der Waals surface area contributed by atoms with E-state index in [2.05, 4.69) is 16.3 Å². The number of nitrogens with one attached hydrogen (secondary N) is 1. The number of carbonyl (C=O) groups excluding carboxylic acids is 1. The second kappa shape index (κ2) is 5.40. The van der Waals surface area contributed by atoms with Crippen LogP contribution < -0.4 is 16.0 Å². The van der Waals surface area contributed by atoms with Crippen LogP contribution in [0.5, 0.6) is 0 Å². The quantitative estimate of drug-likeness (QED) is 0.849. The van der Waals surface area contributed by atoms with Gasteiger partial charge in [0.05, 0.1) is 0 Å². The van der Waals surface area contributed by atoms with E-state index in [4.69, 9.17) is 5.73 Å². The molecular weight excluding hydrogens is 226 g/mol. The largest absolute Gasteiger partial charge is 0.357 e. The fourth-order valence-corrected chi connectivity index (χ4v) is 2.54. The van der Waals surface area contributed by atoms with E-state index >= 15 is 0 Å². The van der Waals surface area contributed by atoms with E-state index in [1.807, 2.05) is 32.0 Å². The normalized spacial score (nSPS) is 21.6. The van der Waals surface area contributed by atoms with Gasteiger partial charge in [0.2, 0.25) is 5.91 Å². The number of nitrogens with zero attached hydrogens (tertiary/aromatic N) is 1. The van der Waals surface area contributed by atoms with Crippen LogP contribution >= 0.6 is 0 Å². The predicted octanol–water partition coefficient (Wildman–Crippen LogP) is 1.42. The molecule has 4 nitrogen and oxygen atoms in total. The fourth-order valence-electron chi connectivity index (χ4n) is 2.54. The van der Waals surface area contributed by atoms with Crippen molar-refractivity contribution in [3.05, 3.63) is 29.8 Å². The smallest absolute Gasteiger partial charge is 0.242 e. The Balaban J connectivity index is 2.37. The summed E-state index contributed by atoms with van der Waals surface area (Å²) in [6, 6.07) is 7.98. The summed E-state index contributed by atoms with van der Waals surface area (Å²) in [5, 5.41) is 2.92. The van der Waals surface area contributed by atoms with Crippen molar-refractivity contribution in [1.29, 1.82) is 0 Å². The molecular formula is C14H21N3O. The molecule has 1 aliphatic heterocycles. The van der Waals surface area contributed by atoms with Crippen LogP contribution in [0.2, 0.25) is 0 Å². The lowest BCUT2D eigenvalue weighted by Gasteiger charge is -2.37. The standard InChI is InChI=1S/C14H21N3O/c1-3-12-14(18)16-8-9-17(12)13-7-5-4-6-11(13)10(2)15/h4-7,10,12H,3,8-9,15H2,1-2H3,(H,16,18)/t10-,12?/m0/s1. The Morgan fingerprint density at radius 3 is 2.89 bits per heavy atom. The van der Waals surface area contributed by atoms with E-state index in [0.717, 1.165) is 24.2 Å². The fraction of sp³-hybridized carbons (Fsp3) is 0.500. The third kappa shape index (κ3) is 2.34. The molecule has 1 aliphatic rings. The number of rotatable bonds is 3. The van der Waals surface area contributed by atoms with E-state index in [0.29, 0.717) is 6.54 Å². The summed E-state index contributed by atoms with van der Waals surface area (Å²) in [4.78, 5) is 14.1. The average Bonchev–Trinajstić information content (AvgIpc) is 2.38. The minimum atomic E-state index is -0.0846. The van der Waals surface area contributed by atoms with Crippen LogP contribution in [0.25, 0.3) is 0 Å². The molecule has 1 fully saturated rings. The Hall–Kier alpha value is -1.55. The van der Waals surface area contributed by atoms with Gasteiger partial charge in [0, 0.05) is 24.8 Å². The molecule has 98 valence electrons. The van der Waals surface area contributed by atoms with Crippen LogP contribution in [0.4, 0.5) is 5.69 Å². The van der Waals surface area contributed by atoms with Gasteiger partial charge < -0.3 is 16.0 Å². The molecule has 0 aliphatic carbocycles. The van der Waals surface area contributed by atoms with Gasteiger partial charge in [-0.2, -0.15) is 0 Å². The van der Waals surface area contributed by atoms with Gasteiger partial charge in [0.25, 0.3) is 0 Å². The second-order valence-electron chi connectivity index (χ2n) is 4.76. The monoisotopic (exact) mass is 247 g/mol. The van der Waals surface area contributed by atoms with Crippen molar-refractivity contribution in [1.82, 2.24) is 5.32 Å². The summed E-state index contributed by atoms with van der Waals surface area (Å²) in [7, 11) is 0. The van der Waals surface area contributed by atoms with Gasteiger partial charge in [-0.3, -0.25) is 4.79 Å². The third-order valence-corrected chi connectivity index (χ3v) is 3.45. The highest BCUT2D eigenvalue weighted by atomic mass is 16.2. The first-order chi connectivity index (χ1) is 8.65. The number of hydrogen-bond donors (Lipinski definition) is 2. The molecule has 1 saturated heterocycles. The number of benzene rings is 1. The minimum absolute atomic E-state index is 0.0244. The van der Waals surface area contributed by atoms with Crippen LogP contribution in [0, 0.1) is 0 Å². The number of hydrogen-bond acceptors (Lipinski definition) is 3. The summed E-state index contributed by atoms with van der Waals surface area (Å²) in [6.45, 7) is 5.55. The predicted molar refractivity (Wildman–Crippen MR) is 73.5 cm³/mol. The van der Waals surface area contributed by atoms with E-state index in [1.54, 1.807) is 0 Å². The number of amides is 1. The minimum Gasteiger partial charge on any atom is -0.357 e. The molecule has 2 rings (SSSR count). The zero-order chi connectivity index (χ0) is 13.1. The second-order valence-corrected chi connectivity index (χ2v) is 4.76. The van der Waals surface area contributed by atoms with Crippen molar-refractivity contribution in [3.8, 4) is 0 Å². The number of anilines is 1. The van der Waals surface area contributed by atoms with Crippen LogP contribution in [-0.4, -0.2) is 25.0 Å². The Labute approximate surface area is 108 Å². The summed E-state index contributed by atoms with van der Waals surface area (Å²) in [6.07, 6.45) is 0.805.